The van der Waals surface area contributed by atoms with Gasteiger partial charge in [-0.2, -0.15) is 0 Å². The van der Waals surface area contributed by atoms with Gasteiger partial charge in [-0.3, -0.25) is 4.90 Å². The lowest BCUT2D eigenvalue weighted by Gasteiger charge is -2.44. The fourth-order valence-electron chi connectivity index (χ4n) is 2.89. The largest absolute Gasteiger partial charge is 0.313 e. The highest BCUT2D eigenvalue weighted by Crippen LogP contribution is 2.30. The van der Waals surface area contributed by atoms with Crippen LogP contribution in [0.4, 0.5) is 0 Å². The Morgan fingerprint density at radius 3 is 2.29 bits per heavy atom. The van der Waals surface area contributed by atoms with Gasteiger partial charge < -0.3 is 5.32 Å². The highest BCUT2D eigenvalue weighted by Gasteiger charge is 2.31. The van der Waals surface area contributed by atoms with Crippen LogP contribution < -0.4 is 5.32 Å². The highest BCUT2D eigenvalue weighted by atomic mass is 15.2. The Balaban J connectivity index is 2.57. The molecule has 0 bridgehead atoms. The minimum absolute atomic E-state index is 0.503. The van der Waals surface area contributed by atoms with Gasteiger partial charge in [-0.25, -0.2) is 0 Å². The lowest BCUT2D eigenvalue weighted by Crippen LogP contribution is -2.52. The maximum Gasteiger partial charge on any atom is 0.0243 e. The quantitative estimate of drug-likeness (QED) is 0.794. The Hall–Kier alpha value is -0.0800. The van der Waals surface area contributed by atoms with E-state index in [1.165, 1.54) is 25.9 Å². The van der Waals surface area contributed by atoms with E-state index in [4.69, 9.17) is 0 Å². The lowest BCUT2D eigenvalue weighted by molar-refractivity contribution is 0.0574. The minimum atomic E-state index is 0.503. The van der Waals surface area contributed by atoms with Crippen LogP contribution in [0.5, 0.6) is 0 Å². The van der Waals surface area contributed by atoms with Crippen LogP contribution >= 0.6 is 0 Å². The Morgan fingerprint density at radius 1 is 1.18 bits per heavy atom. The minimum Gasteiger partial charge on any atom is -0.313 e. The van der Waals surface area contributed by atoms with Crippen LogP contribution in [0.3, 0.4) is 0 Å². The molecule has 102 valence electrons. The SMILES string of the molecule is CC(C)NCC(C(C)C)N1CCCC(C)(C)C1. The van der Waals surface area contributed by atoms with Gasteiger partial charge in [0, 0.05) is 25.2 Å². The molecular weight excluding hydrogens is 208 g/mol. The molecule has 0 saturated carbocycles. The number of hydrogen-bond acceptors (Lipinski definition) is 2. The lowest BCUT2D eigenvalue weighted by atomic mass is 9.82. The van der Waals surface area contributed by atoms with E-state index in [1.54, 1.807) is 0 Å². The molecule has 2 heteroatoms. The summed E-state index contributed by atoms with van der Waals surface area (Å²) in [6.07, 6.45) is 2.74. The average Bonchev–Trinajstić information content (AvgIpc) is 2.15. The fourth-order valence-corrected chi connectivity index (χ4v) is 2.89. The molecular formula is C15H32N2. The zero-order valence-electron chi connectivity index (χ0n) is 12.7. The second-order valence-corrected chi connectivity index (χ2v) is 7.11. The topological polar surface area (TPSA) is 15.3 Å². The van der Waals surface area contributed by atoms with Gasteiger partial charge in [-0.1, -0.05) is 41.5 Å². The van der Waals surface area contributed by atoms with Crippen LogP contribution in [0.25, 0.3) is 0 Å². The predicted molar refractivity (Wildman–Crippen MR) is 76.4 cm³/mol. The molecule has 1 unspecified atom stereocenters. The maximum absolute atomic E-state index is 3.61. The standard InChI is InChI=1S/C15H32N2/c1-12(2)14(10-16-13(3)4)17-9-7-8-15(5,6)11-17/h12-14,16H,7-11H2,1-6H3. The zero-order chi connectivity index (χ0) is 13.1. The van der Waals surface area contributed by atoms with Gasteiger partial charge in [0.15, 0.2) is 0 Å². The van der Waals surface area contributed by atoms with E-state index in [2.05, 4.69) is 51.8 Å². The molecule has 17 heavy (non-hydrogen) atoms. The summed E-state index contributed by atoms with van der Waals surface area (Å²) in [6, 6.07) is 1.28. The van der Waals surface area contributed by atoms with E-state index < -0.39 is 0 Å². The molecule has 0 aromatic rings. The second-order valence-electron chi connectivity index (χ2n) is 7.11. The smallest absolute Gasteiger partial charge is 0.0243 e. The molecule has 1 rings (SSSR count). The number of piperidine rings is 1. The molecule has 2 nitrogen and oxygen atoms in total. The van der Waals surface area contributed by atoms with Crippen LogP contribution in [0.1, 0.15) is 54.4 Å². The van der Waals surface area contributed by atoms with Crippen molar-refractivity contribution in [2.45, 2.75) is 66.5 Å². The van der Waals surface area contributed by atoms with Crippen molar-refractivity contribution >= 4 is 0 Å². The summed E-state index contributed by atoms with van der Waals surface area (Å²) in [5, 5.41) is 3.61. The Labute approximate surface area is 108 Å². The molecule has 0 aromatic heterocycles. The first kappa shape index (κ1) is 15.0. The summed E-state index contributed by atoms with van der Waals surface area (Å²) in [6.45, 7) is 17.7. The van der Waals surface area contributed by atoms with E-state index in [0.29, 0.717) is 17.5 Å². The van der Waals surface area contributed by atoms with Crippen molar-refractivity contribution in [3.63, 3.8) is 0 Å². The van der Waals surface area contributed by atoms with Crippen LogP contribution in [-0.2, 0) is 0 Å². The van der Waals surface area contributed by atoms with E-state index in [-0.39, 0.29) is 0 Å². The van der Waals surface area contributed by atoms with Gasteiger partial charge >= 0.3 is 0 Å². The molecule has 0 amide bonds. The van der Waals surface area contributed by atoms with Gasteiger partial charge in [-0.15, -0.1) is 0 Å². The second kappa shape index (κ2) is 6.19. The van der Waals surface area contributed by atoms with E-state index in [0.717, 1.165) is 12.5 Å². The molecule has 0 aromatic carbocycles. The summed E-state index contributed by atoms with van der Waals surface area (Å²) >= 11 is 0. The number of nitrogens with one attached hydrogen (secondary N) is 1. The molecule has 1 heterocycles. The molecule has 0 radical (unpaired) electrons. The Kier molecular flexibility index (Phi) is 5.46. The van der Waals surface area contributed by atoms with Gasteiger partial charge in [0.05, 0.1) is 0 Å². The number of hydrogen-bond donors (Lipinski definition) is 1. The van der Waals surface area contributed by atoms with Crippen molar-refractivity contribution in [1.29, 1.82) is 0 Å². The Bertz CT molecular complexity index is 221. The number of nitrogens with zero attached hydrogens (tertiary/aromatic N) is 1. The molecule has 0 spiro atoms. The summed E-state index contributed by atoms with van der Waals surface area (Å²) in [4.78, 5) is 2.71. The highest BCUT2D eigenvalue weighted by molar-refractivity contribution is 4.86. The van der Waals surface area contributed by atoms with Gasteiger partial charge in [-0.05, 0) is 30.7 Å². The molecule has 1 atom stereocenters. The van der Waals surface area contributed by atoms with Crippen LogP contribution in [0, 0.1) is 11.3 Å². The third-order valence-corrected chi connectivity index (χ3v) is 3.90. The molecule has 1 N–H and O–H groups in total. The normalized spacial score (nSPS) is 23.3. The van der Waals surface area contributed by atoms with Crippen molar-refractivity contribution in [3.05, 3.63) is 0 Å². The van der Waals surface area contributed by atoms with Crippen LogP contribution in [-0.4, -0.2) is 36.6 Å². The third kappa shape index (κ3) is 4.97. The first-order valence-corrected chi connectivity index (χ1v) is 7.29. The average molecular weight is 240 g/mol. The fraction of sp³-hybridized carbons (Fsp3) is 1.00. The van der Waals surface area contributed by atoms with E-state index in [1.807, 2.05) is 0 Å². The van der Waals surface area contributed by atoms with Crippen molar-refractivity contribution < 1.29 is 0 Å². The Morgan fingerprint density at radius 2 is 1.82 bits per heavy atom. The molecule has 1 fully saturated rings. The van der Waals surface area contributed by atoms with Gasteiger partial charge in [0.1, 0.15) is 0 Å². The van der Waals surface area contributed by atoms with Crippen molar-refractivity contribution in [1.82, 2.24) is 10.2 Å². The number of likely N-dealkylation sites (tertiary alicyclic amines) is 1. The van der Waals surface area contributed by atoms with Crippen molar-refractivity contribution in [2.24, 2.45) is 11.3 Å². The molecule has 1 saturated heterocycles. The predicted octanol–water partition coefficient (Wildman–Crippen LogP) is 3.13. The molecule has 1 aliphatic heterocycles. The maximum atomic E-state index is 3.61. The van der Waals surface area contributed by atoms with Crippen molar-refractivity contribution in [2.75, 3.05) is 19.6 Å². The first-order valence-electron chi connectivity index (χ1n) is 7.29. The van der Waals surface area contributed by atoms with Crippen molar-refractivity contribution in [3.8, 4) is 0 Å². The van der Waals surface area contributed by atoms with Crippen LogP contribution in [0.15, 0.2) is 0 Å². The molecule has 0 aliphatic carbocycles. The molecule has 1 aliphatic rings. The number of rotatable bonds is 5. The first-order chi connectivity index (χ1) is 7.82. The summed E-state index contributed by atoms with van der Waals surface area (Å²) in [5.74, 6) is 0.732. The van der Waals surface area contributed by atoms with E-state index >= 15 is 0 Å². The zero-order valence-corrected chi connectivity index (χ0v) is 12.7. The summed E-state index contributed by atoms with van der Waals surface area (Å²) in [5.41, 5.74) is 0.503. The van der Waals surface area contributed by atoms with E-state index in [9.17, 15) is 0 Å². The van der Waals surface area contributed by atoms with Gasteiger partial charge in [0.2, 0.25) is 0 Å². The van der Waals surface area contributed by atoms with Crippen LogP contribution in [0.2, 0.25) is 0 Å². The summed E-state index contributed by atoms with van der Waals surface area (Å²) in [7, 11) is 0. The third-order valence-electron chi connectivity index (χ3n) is 3.90. The summed E-state index contributed by atoms with van der Waals surface area (Å²) < 4.78 is 0. The van der Waals surface area contributed by atoms with Gasteiger partial charge in [0.25, 0.3) is 0 Å². The monoisotopic (exact) mass is 240 g/mol.